The van der Waals surface area contributed by atoms with Crippen LogP contribution in [0.25, 0.3) is 0 Å². The second-order valence-electron chi connectivity index (χ2n) is 8.46. The molecule has 0 aliphatic carbocycles. The van der Waals surface area contributed by atoms with Crippen LogP contribution >= 0.6 is 21.6 Å². The Morgan fingerprint density at radius 2 is 1.77 bits per heavy atom. The molecule has 0 saturated heterocycles. The number of allylic oxidation sites excluding steroid dienone is 1. The number of carbonyl (C=O) groups excluding carboxylic acids is 2. The molecule has 1 aromatic rings. The largest absolute Gasteiger partial charge is 0.490 e. The summed E-state index contributed by atoms with van der Waals surface area (Å²) in [5.41, 5.74) is 0.424. The first-order chi connectivity index (χ1) is 18.9. The zero-order valence-electron chi connectivity index (χ0n) is 23.6. The van der Waals surface area contributed by atoms with Crippen molar-refractivity contribution in [1.29, 1.82) is 0 Å². The van der Waals surface area contributed by atoms with Gasteiger partial charge in [-0.3, -0.25) is 9.59 Å². The molecule has 0 aromatic heterocycles. The molecule has 0 bridgehead atoms. The Balaban J connectivity index is 2.24. The molecule has 0 spiro atoms. The molecule has 0 radical (unpaired) electrons. The van der Waals surface area contributed by atoms with E-state index in [2.05, 4.69) is 29.8 Å². The second-order valence-corrected chi connectivity index (χ2v) is 11.1. The third-order valence-electron chi connectivity index (χ3n) is 4.77. The van der Waals surface area contributed by atoms with E-state index < -0.39 is 0 Å². The van der Waals surface area contributed by atoms with Crippen LogP contribution in [-0.4, -0.2) is 95.5 Å². The lowest BCUT2D eigenvalue weighted by molar-refractivity contribution is -0.126. The molecule has 0 aliphatic rings. The summed E-state index contributed by atoms with van der Waals surface area (Å²) < 4.78 is 28.0. The van der Waals surface area contributed by atoms with Crippen molar-refractivity contribution in [2.75, 3.05) is 77.5 Å². The van der Waals surface area contributed by atoms with Crippen LogP contribution in [0, 0.1) is 0 Å². The summed E-state index contributed by atoms with van der Waals surface area (Å²) in [6.45, 7) is 10.2. The third-order valence-corrected chi connectivity index (χ3v) is 6.67. The van der Waals surface area contributed by atoms with E-state index in [0.717, 1.165) is 6.54 Å². The summed E-state index contributed by atoms with van der Waals surface area (Å²) >= 11 is 0. The van der Waals surface area contributed by atoms with Crippen LogP contribution in [0.1, 0.15) is 27.2 Å². The molecule has 1 atom stereocenters. The van der Waals surface area contributed by atoms with Gasteiger partial charge in [0.1, 0.15) is 24.4 Å². The lowest BCUT2D eigenvalue weighted by atomic mass is 10.3. The van der Waals surface area contributed by atoms with Crippen molar-refractivity contribution in [3.05, 3.63) is 36.4 Å². The molecule has 1 aromatic carbocycles. The number of anilines is 1. The van der Waals surface area contributed by atoms with Crippen LogP contribution < -0.4 is 20.7 Å². The fourth-order valence-electron chi connectivity index (χ4n) is 2.91. The zero-order chi connectivity index (χ0) is 28.6. The minimum Gasteiger partial charge on any atom is -0.490 e. The minimum absolute atomic E-state index is 0.00666. The molecule has 1 unspecified atom stereocenters. The summed E-state index contributed by atoms with van der Waals surface area (Å²) in [7, 11) is 3.11. The van der Waals surface area contributed by atoms with Crippen LogP contribution in [-0.2, 0) is 28.5 Å². The van der Waals surface area contributed by atoms with Gasteiger partial charge in [0.05, 0.1) is 46.1 Å². The fourth-order valence-corrected chi connectivity index (χ4v) is 4.38. The van der Waals surface area contributed by atoms with Gasteiger partial charge in [0.15, 0.2) is 0 Å². The third kappa shape index (κ3) is 20.7. The van der Waals surface area contributed by atoms with Crippen molar-refractivity contribution in [3.63, 3.8) is 0 Å². The first kappa shape index (κ1) is 35.2. The number of rotatable bonds is 24. The first-order valence-corrected chi connectivity index (χ1v) is 15.7. The van der Waals surface area contributed by atoms with E-state index >= 15 is 0 Å². The number of hydrogen-bond donors (Lipinski definition) is 3. The number of nitrogens with one attached hydrogen (secondary N) is 3. The standard InChI is InChI=1S/C27H45N3O7S2/c1-5-6-11-29-26(32)20-35-17-18-36-27(39-38-4)21-37-24-9-7-8-23(19-24)30-25(31)10-13-33-15-16-34-14-12-28-22(2)3/h5-9,19,22,27-28H,10-18,20-21H2,1-4H3,(H,29,32)(H,30,31)/b6-5+. The normalized spacial score (nSPS) is 12.1. The van der Waals surface area contributed by atoms with Crippen molar-refractivity contribution in [1.82, 2.24) is 10.6 Å². The van der Waals surface area contributed by atoms with E-state index in [1.807, 2.05) is 37.5 Å². The predicted octanol–water partition coefficient (Wildman–Crippen LogP) is 3.49. The maximum absolute atomic E-state index is 12.3. The van der Waals surface area contributed by atoms with E-state index in [0.29, 0.717) is 70.3 Å². The number of ether oxygens (including phenoxy) is 5. The highest BCUT2D eigenvalue weighted by atomic mass is 33.1. The van der Waals surface area contributed by atoms with Crippen molar-refractivity contribution in [2.24, 2.45) is 0 Å². The quantitative estimate of drug-likeness (QED) is 0.0718. The highest BCUT2D eigenvalue weighted by Crippen LogP contribution is 2.26. The van der Waals surface area contributed by atoms with Gasteiger partial charge in [-0.15, -0.1) is 0 Å². The fraction of sp³-hybridized carbons (Fsp3) is 0.630. The summed E-state index contributed by atoms with van der Waals surface area (Å²) in [4.78, 5) is 23.9. The van der Waals surface area contributed by atoms with Crippen molar-refractivity contribution in [2.45, 2.75) is 38.7 Å². The molecule has 222 valence electrons. The average Bonchev–Trinajstić information content (AvgIpc) is 2.90. The Labute approximate surface area is 241 Å². The maximum atomic E-state index is 12.3. The number of amides is 2. The summed E-state index contributed by atoms with van der Waals surface area (Å²) in [6.07, 6.45) is 5.94. The monoisotopic (exact) mass is 587 g/mol. The summed E-state index contributed by atoms with van der Waals surface area (Å²) in [5, 5.41) is 8.87. The second kappa shape index (κ2) is 24.0. The van der Waals surface area contributed by atoms with Gasteiger partial charge in [0.25, 0.3) is 0 Å². The Hall–Kier alpha value is -1.80. The highest BCUT2D eigenvalue weighted by Gasteiger charge is 2.12. The smallest absolute Gasteiger partial charge is 0.246 e. The van der Waals surface area contributed by atoms with E-state index in [4.69, 9.17) is 23.7 Å². The van der Waals surface area contributed by atoms with Crippen molar-refractivity contribution >= 4 is 39.1 Å². The molecule has 39 heavy (non-hydrogen) atoms. The Morgan fingerprint density at radius 1 is 1.00 bits per heavy atom. The highest BCUT2D eigenvalue weighted by molar-refractivity contribution is 8.76. The summed E-state index contributed by atoms with van der Waals surface area (Å²) in [5.74, 6) is 0.322. The molecule has 3 N–H and O–H groups in total. The van der Waals surface area contributed by atoms with Gasteiger partial charge in [-0.05, 0) is 25.3 Å². The molecule has 0 aliphatic heterocycles. The van der Waals surface area contributed by atoms with Crippen LogP contribution in [0.2, 0.25) is 0 Å². The van der Waals surface area contributed by atoms with E-state index in [9.17, 15) is 9.59 Å². The molecule has 0 heterocycles. The Kier molecular flexibility index (Phi) is 21.7. The molecule has 10 nitrogen and oxygen atoms in total. The zero-order valence-corrected chi connectivity index (χ0v) is 25.2. The van der Waals surface area contributed by atoms with Crippen LogP contribution in [0.3, 0.4) is 0 Å². The van der Waals surface area contributed by atoms with Gasteiger partial charge in [-0.2, -0.15) is 0 Å². The molecule has 0 saturated carbocycles. The number of carbonyl (C=O) groups is 2. The lowest BCUT2D eigenvalue weighted by Crippen LogP contribution is -2.28. The van der Waals surface area contributed by atoms with Gasteiger partial charge < -0.3 is 39.6 Å². The molecule has 0 fully saturated rings. The maximum Gasteiger partial charge on any atom is 0.246 e. The van der Waals surface area contributed by atoms with E-state index in [1.54, 1.807) is 22.9 Å². The topological polar surface area (TPSA) is 116 Å². The molecule has 2 amide bonds. The van der Waals surface area contributed by atoms with Gasteiger partial charge in [-0.25, -0.2) is 0 Å². The first-order valence-electron chi connectivity index (χ1n) is 13.1. The summed E-state index contributed by atoms with van der Waals surface area (Å²) in [6, 6.07) is 7.67. The van der Waals surface area contributed by atoms with Crippen molar-refractivity contribution in [3.8, 4) is 5.75 Å². The average molecular weight is 588 g/mol. The van der Waals surface area contributed by atoms with Crippen LogP contribution in [0.5, 0.6) is 5.75 Å². The Bertz CT molecular complexity index is 815. The number of benzene rings is 1. The van der Waals surface area contributed by atoms with Crippen LogP contribution in [0.4, 0.5) is 5.69 Å². The minimum atomic E-state index is -0.224. The van der Waals surface area contributed by atoms with Gasteiger partial charge in [0.2, 0.25) is 11.8 Å². The molecule has 12 heteroatoms. The predicted molar refractivity (Wildman–Crippen MR) is 159 cm³/mol. The Morgan fingerprint density at radius 3 is 2.51 bits per heavy atom. The number of hydrogen-bond acceptors (Lipinski definition) is 10. The molecular weight excluding hydrogens is 542 g/mol. The van der Waals surface area contributed by atoms with Gasteiger partial charge in [0, 0.05) is 30.9 Å². The van der Waals surface area contributed by atoms with E-state index in [1.165, 1.54) is 10.8 Å². The molecule has 1 rings (SSSR count). The SMILES string of the molecule is C/C=C/CNC(=O)COCCOC(COc1cccc(NC(=O)CCOCCOCCNC(C)C)c1)SSC. The van der Waals surface area contributed by atoms with Crippen LogP contribution in [0.15, 0.2) is 36.4 Å². The van der Waals surface area contributed by atoms with Gasteiger partial charge >= 0.3 is 0 Å². The lowest BCUT2D eigenvalue weighted by Gasteiger charge is -2.17. The van der Waals surface area contributed by atoms with Crippen molar-refractivity contribution < 1.29 is 33.3 Å². The van der Waals surface area contributed by atoms with Gasteiger partial charge in [-0.1, -0.05) is 53.7 Å². The molecular formula is C27H45N3O7S2. The van der Waals surface area contributed by atoms with E-state index in [-0.39, 0.29) is 30.3 Å².